The highest BCUT2D eigenvalue weighted by Crippen LogP contribution is 2.24. The molecule has 1 N–H and O–H groups in total. The van der Waals surface area contributed by atoms with Crippen molar-refractivity contribution in [1.29, 1.82) is 5.26 Å². The van der Waals surface area contributed by atoms with Crippen LogP contribution in [0.5, 0.6) is 0 Å². The van der Waals surface area contributed by atoms with E-state index < -0.39 is 0 Å². The Morgan fingerprint density at radius 3 is 2.25 bits per heavy atom. The number of hydrogen-bond donors (Lipinski definition) is 1. The Morgan fingerprint density at radius 1 is 1.33 bits per heavy atom. The van der Waals surface area contributed by atoms with Crippen molar-refractivity contribution < 1.29 is 0 Å². The Bertz CT molecular complexity index is 316. The van der Waals surface area contributed by atoms with E-state index in [0.717, 1.165) is 21.3 Å². The summed E-state index contributed by atoms with van der Waals surface area (Å²) in [6, 6.07) is 3.96. The normalized spacial score (nSPS) is 9.17. The first-order valence-electron chi connectivity index (χ1n) is 3.57. The highest BCUT2D eigenvalue weighted by molar-refractivity contribution is 9.10. The van der Waals surface area contributed by atoms with E-state index in [1.807, 2.05) is 32.2 Å². The summed E-state index contributed by atoms with van der Waals surface area (Å²) in [6.45, 7) is 3.94. The molecule has 0 radical (unpaired) electrons. The summed E-state index contributed by atoms with van der Waals surface area (Å²) in [5.41, 5.74) is 3.05. The molecule has 1 aromatic carbocycles. The lowest BCUT2D eigenvalue weighted by Gasteiger charge is -2.07. The van der Waals surface area contributed by atoms with Gasteiger partial charge in [-0.3, -0.25) is 5.32 Å². The van der Waals surface area contributed by atoms with Gasteiger partial charge in [-0.2, -0.15) is 5.26 Å². The summed E-state index contributed by atoms with van der Waals surface area (Å²) in [4.78, 5) is 0. The molecule has 0 heterocycles. The molecule has 0 unspecified atom stereocenters. The monoisotopic (exact) mass is 224 g/mol. The standard InChI is InChI=1S/C9H9BrN2/c1-6-3-8(10)4-7(2)9(6)12-5-11/h3-4,12H,1-2H3. The minimum absolute atomic E-state index is 0.903. The molecular formula is C9H9BrN2. The number of rotatable bonds is 1. The number of aryl methyl sites for hydroxylation is 2. The molecule has 62 valence electrons. The molecule has 0 aliphatic heterocycles. The van der Waals surface area contributed by atoms with Crippen molar-refractivity contribution in [2.75, 3.05) is 5.32 Å². The number of benzene rings is 1. The zero-order valence-corrected chi connectivity index (χ0v) is 8.57. The van der Waals surface area contributed by atoms with Crippen LogP contribution < -0.4 is 5.32 Å². The molecule has 2 nitrogen and oxygen atoms in total. The van der Waals surface area contributed by atoms with Crippen LogP contribution in [0.15, 0.2) is 16.6 Å². The maximum Gasteiger partial charge on any atom is 0.181 e. The summed E-state index contributed by atoms with van der Waals surface area (Å²) in [5, 5.41) is 11.1. The molecule has 0 bridgehead atoms. The number of halogens is 1. The van der Waals surface area contributed by atoms with Gasteiger partial charge in [0.15, 0.2) is 6.19 Å². The minimum Gasteiger partial charge on any atom is -0.292 e. The van der Waals surface area contributed by atoms with Crippen molar-refractivity contribution >= 4 is 21.6 Å². The highest BCUT2D eigenvalue weighted by Gasteiger charge is 2.02. The van der Waals surface area contributed by atoms with Gasteiger partial charge in [0, 0.05) is 4.47 Å². The second-order valence-electron chi connectivity index (χ2n) is 2.65. The number of nitrogens with zero attached hydrogens (tertiary/aromatic N) is 1. The molecule has 12 heavy (non-hydrogen) atoms. The largest absolute Gasteiger partial charge is 0.292 e. The van der Waals surface area contributed by atoms with E-state index >= 15 is 0 Å². The van der Waals surface area contributed by atoms with E-state index in [2.05, 4.69) is 21.2 Å². The molecular weight excluding hydrogens is 216 g/mol. The van der Waals surface area contributed by atoms with Gasteiger partial charge in [-0.05, 0) is 37.1 Å². The van der Waals surface area contributed by atoms with Crippen molar-refractivity contribution in [3.63, 3.8) is 0 Å². The van der Waals surface area contributed by atoms with Gasteiger partial charge in [-0.15, -0.1) is 0 Å². The Kier molecular flexibility index (Phi) is 2.72. The lowest BCUT2D eigenvalue weighted by Crippen LogP contribution is -1.94. The summed E-state index contributed by atoms with van der Waals surface area (Å²) in [5.74, 6) is 0. The summed E-state index contributed by atoms with van der Waals surface area (Å²) < 4.78 is 1.04. The zero-order chi connectivity index (χ0) is 9.14. The van der Waals surface area contributed by atoms with Crippen LogP contribution in [0.25, 0.3) is 0 Å². The fourth-order valence-electron chi connectivity index (χ4n) is 1.16. The quantitative estimate of drug-likeness (QED) is 0.589. The summed E-state index contributed by atoms with van der Waals surface area (Å²) in [7, 11) is 0. The molecule has 0 aliphatic rings. The number of hydrogen-bond acceptors (Lipinski definition) is 2. The number of nitriles is 1. The van der Waals surface area contributed by atoms with E-state index in [-0.39, 0.29) is 0 Å². The second-order valence-corrected chi connectivity index (χ2v) is 3.57. The third-order valence-electron chi connectivity index (χ3n) is 1.68. The smallest absolute Gasteiger partial charge is 0.181 e. The molecule has 3 heteroatoms. The molecule has 0 aromatic heterocycles. The van der Waals surface area contributed by atoms with E-state index in [1.165, 1.54) is 0 Å². The van der Waals surface area contributed by atoms with Crippen LogP contribution in [0.2, 0.25) is 0 Å². The van der Waals surface area contributed by atoms with Gasteiger partial charge >= 0.3 is 0 Å². The third kappa shape index (κ3) is 1.77. The number of nitrogens with one attached hydrogen (secondary N) is 1. The molecule has 1 rings (SSSR count). The van der Waals surface area contributed by atoms with Crippen molar-refractivity contribution in [3.05, 3.63) is 27.7 Å². The first-order chi connectivity index (χ1) is 5.65. The predicted octanol–water partition coefficient (Wildman–Crippen LogP) is 2.96. The van der Waals surface area contributed by atoms with Gasteiger partial charge in [0.2, 0.25) is 0 Å². The maximum atomic E-state index is 8.47. The lowest BCUT2D eigenvalue weighted by molar-refractivity contribution is 1.34. The van der Waals surface area contributed by atoms with Gasteiger partial charge < -0.3 is 0 Å². The maximum absolute atomic E-state index is 8.47. The fraction of sp³-hybridized carbons (Fsp3) is 0.222. The van der Waals surface area contributed by atoms with Crippen LogP contribution in [0.1, 0.15) is 11.1 Å². The molecule has 0 saturated carbocycles. The van der Waals surface area contributed by atoms with E-state index in [9.17, 15) is 0 Å². The van der Waals surface area contributed by atoms with Crippen LogP contribution in [-0.2, 0) is 0 Å². The minimum atomic E-state index is 0.903. The Hall–Kier alpha value is -1.01. The Labute approximate surface area is 80.3 Å². The van der Waals surface area contributed by atoms with Crippen molar-refractivity contribution in [3.8, 4) is 6.19 Å². The van der Waals surface area contributed by atoms with Gasteiger partial charge in [-0.1, -0.05) is 15.9 Å². The average molecular weight is 225 g/mol. The second kappa shape index (κ2) is 3.59. The Balaban J connectivity index is 3.21. The third-order valence-corrected chi connectivity index (χ3v) is 2.14. The van der Waals surface area contributed by atoms with Gasteiger partial charge in [0.25, 0.3) is 0 Å². The van der Waals surface area contributed by atoms with Crippen molar-refractivity contribution in [2.45, 2.75) is 13.8 Å². The van der Waals surface area contributed by atoms with Gasteiger partial charge in [-0.25, -0.2) is 0 Å². The van der Waals surface area contributed by atoms with Crippen LogP contribution in [0.3, 0.4) is 0 Å². The van der Waals surface area contributed by atoms with Crippen LogP contribution in [0.4, 0.5) is 5.69 Å². The van der Waals surface area contributed by atoms with Crippen molar-refractivity contribution in [1.82, 2.24) is 0 Å². The average Bonchev–Trinajstić information content (AvgIpc) is 1.96. The fourth-order valence-corrected chi connectivity index (χ4v) is 1.85. The van der Waals surface area contributed by atoms with Gasteiger partial charge in [0.05, 0.1) is 5.69 Å². The molecule has 0 amide bonds. The first kappa shape index (κ1) is 9.08. The van der Waals surface area contributed by atoms with Crippen LogP contribution >= 0.6 is 15.9 Å². The molecule has 0 aliphatic carbocycles. The topological polar surface area (TPSA) is 35.8 Å². The molecule has 0 atom stereocenters. The number of anilines is 1. The molecule has 0 spiro atoms. The van der Waals surface area contributed by atoms with Crippen LogP contribution in [0, 0.1) is 25.3 Å². The summed E-state index contributed by atoms with van der Waals surface area (Å²) in [6.07, 6.45) is 1.92. The molecule has 1 aromatic rings. The molecule has 0 saturated heterocycles. The highest BCUT2D eigenvalue weighted by atomic mass is 79.9. The molecule has 0 fully saturated rings. The van der Waals surface area contributed by atoms with Crippen molar-refractivity contribution in [2.24, 2.45) is 0 Å². The van der Waals surface area contributed by atoms with Gasteiger partial charge in [0.1, 0.15) is 0 Å². The lowest BCUT2D eigenvalue weighted by atomic mass is 10.1. The Morgan fingerprint density at radius 2 is 1.83 bits per heavy atom. The van der Waals surface area contributed by atoms with E-state index in [0.29, 0.717) is 0 Å². The first-order valence-corrected chi connectivity index (χ1v) is 4.36. The van der Waals surface area contributed by atoms with Crippen LogP contribution in [-0.4, -0.2) is 0 Å². The van der Waals surface area contributed by atoms with E-state index in [1.54, 1.807) is 0 Å². The predicted molar refractivity (Wildman–Crippen MR) is 52.9 cm³/mol. The summed E-state index contributed by atoms with van der Waals surface area (Å²) >= 11 is 3.39. The SMILES string of the molecule is Cc1cc(Br)cc(C)c1NC#N. The zero-order valence-electron chi connectivity index (χ0n) is 6.98. The van der Waals surface area contributed by atoms with E-state index in [4.69, 9.17) is 5.26 Å².